The molecule has 338 valence electrons. The normalized spacial score (nSPS) is 19.8. The van der Waals surface area contributed by atoms with E-state index in [2.05, 4.69) is 68.5 Å². The van der Waals surface area contributed by atoms with Crippen molar-refractivity contribution in [1.29, 1.82) is 0 Å². The van der Waals surface area contributed by atoms with Crippen LogP contribution in [-0.4, -0.2) is 77.5 Å². The van der Waals surface area contributed by atoms with E-state index < -0.39 is 44.7 Å². The number of phosphoric ester groups is 1. The molecule has 0 aromatic carbocycles. The van der Waals surface area contributed by atoms with Gasteiger partial charge in [-0.1, -0.05) is 130 Å². The Bertz CT molecular complexity index is 1460. The number of phosphoric acid groups is 1. The SMILES string of the molecule is CC/C=C\C/C=C\C/C=C\C/C=C\C/C=C\C/C=C\CCC(=O)O[C@H](COC(=O)CCC/C=C\C[C@H]1C(=O)C[C@@H](O)[C@@H]1/C=C/[C@@H](O)CCCCC)COP(=O)(O)OCCN. The van der Waals surface area contributed by atoms with Gasteiger partial charge in [0, 0.05) is 37.6 Å². The number of nitrogens with two attached hydrogens (primary N) is 1. The third-order valence-electron chi connectivity index (χ3n) is 9.34. The number of hydrogen-bond acceptors (Lipinski definition) is 11. The number of carbonyl (C=O) groups excluding carboxylic acids is 3. The van der Waals surface area contributed by atoms with Crippen LogP contribution in [0, 0.1) is 11.8 Å². The van der Waals surface area contributed by atoms with E-state index in [-0.39, 0.29) is 56.6 Å². The van der Waals surface area contributed by atoms with Crippen LogP contribution in [0.15, 0.2) is 97.2 Å². The van der Waals surface area contributed by atoms with Crippen molar-refractivity contribution in [2.75, 3.05) is 26.4 Å². The highest BCUT2D eigenvalue weighted by atomic mass is 31.2. The molecule has 0 radical (unpaired) electrons. The fourth-order valence-corrected chi connectivity index (χ4v) is 6.82. The number of aliphatic hydroxyl groups is 2. The Balaban J connectivity index is 2.46. The van der Waals surface area contributed by atoms with Gasteiger partial charge in [-0.05, 0) is 70.6 Å². The third kappa shape index (κ3) is 29.7. The molecule has 1 rings (SSSR count). The summed E-state index contributed by atoms with van der Waals surface area (Å²) in [5.41, 5.74) is 5.33. The summed E-state index contributed by atoms with van der Waals surface area (Å²) >= 11 is 0. The summed E-state index contributed by atoms with van der Waals surface area (Å²) in [5, 5.41) is 20.7. The largest absolute Gasteiger partial charge is 0.472 e. The summed E-state index contributed by atoms with van der Waals surface area (Å²) in [4.78, 5) is 47.6. The molecule has 1 saturated carbocycles. The number of allylic oxidation sites excluding steroid dienone is 14. The Labute approximate surface area is 359 Å². The zero-order chi connectivity index (χ0) is 44.1. The minimum Gasteiger partial charge on any atom is -0.462 e. The molecule has 1 aliphatic carbocycles. The maximum absolute atomic E-state index is 12.6. The average molecular weight is 860 g/mol. The number of rotatable bonds is 35. The van der Waals surface area contributed by atoms with Gasteiger partial charge in [0.15, 0.2) is 6.10 Å². The molecule has 1 aliphatic rings. The van der Waals surface area contributed by atoms with Crippen LogP contribution in [0.25, 0.3) is 0 Å². The van der Waals surface area contributed by atoms with Gasteiger partial charge in [-0.25, -0.2) is 4.57 Å². The van der Waals surface area contributed by atoms with Crippen LogP contribution in [0.2, 0.25) is 0 Å². The number of ether oxygens (including phenoxy) is 2. The Hall–Kier alpha value is -3.48. The van der Waals surface area contributed by atoms with E-state index in [9.17, 15) is 34.1 Å². The maximum atomic E-state index is 12.6. The van der Waals surface area contributed by atoms with Crippen LogP contribution in [-0.2, 0) is 37.5 Å². The van der Waals surface area contributed by atoms with Crippen molar-refractivity contribution in [3.8, 4) is 0 Å². The third-order valence-corrected chi connectivity index (χ3v) is 10.3. The van der Waals surface area contributed by atoms with Crippen molar-refractivity contribution in [3.05, 3.63) is 97.2 Å². The topological polar surface area (TPSA) is 192 Å². The lowest BCUT2D eigenvalue weighted by Crippen LogP contribution is -2.29. The van der Waals surface area contributed by atoms with Gasteiger partial charge in [0.25, 0.3) is 0 Å². The maximum Gasteiger partial charge on any atom is 0.472 e. The van der Waals surface area contributed by atoms with Gasteiger partial charge in [-0.15, -0.1) is 0 Å². The monoisotopic (exact) mass is 859 g/mol. The molecule has 0 heterocycles. The fraction of sp³-hybridized carbons (Fsp3) is 0.596. The predicted octanol–water partition coefficient (Wildman–Crippen LogP) is 9.19. The van der Waals surface area contributed by atoms with Crippen molar-refractivity contribution < 1.29 is 52.6 Å². The van der Waals surface area contributed by atoms with Crippen molar-refractivity contribution in [2.45, 2.75) is 141 Å². The van der Waals surface area contributed by atoms with Crippen molar-refractivity contribution >= 4 is 25.5 Å². The van der Waals surface area contributed by atoms with E-state index >= 15 is 0 Å². The molecule has 12 nitrogen and oxygen atoms in total. The first-order chi connectivity index (χ1) is 29.0. The van der Waals surface area contributed by atoms with E-state index in [0.717, 1.165) is 51.4 Å². The number of Topliss-reactive ketones (excluding diaryl/α,β-unsaturated/α-hetero) is 1. The lowest BCUT2D eigenvalue weighted by Gasteiger charge is -2.19. The second-order valence-electron chi connectivity index (χ2n) is 14.6. The molecule has 13 heteroatoms. The molecule has 0 aromatic rings. The van der Waals surface area contributed by atoms with Crippen LogP contribution in [0.5, 0.6) is 0 Å². The van der Waals surface area contributed by atoms with Crippen LogP contribution >= 0.6 is 7.82 Å². The fourth-order valence-electron chi connectivity index (χ4n) is 6.05. The molecule has 60 heavy (non-hydrogen) atoms. The quantitative estimate of drug-likeness (QED) is 0.0205. The van der Waals surface area contributed by atoms with Crippen molar-refractivity contribution in [2.24, 2.45) is 17.6 Å². The van der Waals surface area contributed by atoms with Crippen molar-refractivity contribution in [3.63, 3.8) is 0 Å². The van der Waals surface area contributed by atoms with E-state index in [1.165, 1.54) is 0 Å². The van der Waals surface area contributed by atoms with Gasteiger partial charge in [-0.3, -0.25) is 23.4 Å². The summed E-state index contributed by atoms with van der Waals surface area (Å²) in [6.07, 6.45) is 41.1. The zero-order valence-corrected chi connectivity index (χ0v) is 37.0. The Kier molecular flexibility index (Phi) is 32.9. The molecule has 1 fully saturated rings. The minimum atomic E-state index is -4.47. The Morgan fingerprint density at radius 1 is 0.783 bits per heavy atom. The highest BCUT2D eigenvalue weighted by Crippen LogP contribution is 2.43. The lowest BCUT2D eigenvalue weighted by molar-refractivity contribution is -0.161. The standard InChI is InChI=1S/C47H74NO11P/c1-3-5-7-8-9-10-11-12-13-14-15-16-17-18-19-20-21-22-28-32-47(53)59-41(39-58-60(54,55)57-36-35-48)38-56-46(52)31-27-24-23-26-30-42-43(45(51)37-44(42)50)34-33-40(49)29-25-6-4-2/h5,7,9-10,12-13,15-16,18-19,21-23,26,33-34,40-43,45,49,51H,3-4,6,8,11,14,17,20,24-25,27-32,35-39,48H2,1-2H3,(H,54,55)/b7-5-,10-9-,13-12-,16-15-,19-18-,22-21-,26-23-,34-33+/t40-,41+,42+,43+,45+/m0/s1. The number of hydrogen-bond donors (Lipinski definition) is 4. The molecule has 6 atom stereocenters. The number of unbranched alkanes of at least 4 members (excludes halogenated alkanes) is 3. The summed E-state index contributed by atoms with van der Waals surface area (Å²) in [6, 6.07) is 0. The van der Waals surface area contributed by atoms with Crippen LogP contribution < -0.4 is 5.73 Å². The highest BCUT2D eigenvalue weighted by Gasteiger charge is 2.39. The van der Waals surface area contributed by atoms with E-state index in [0.29, 0.717) is 38.5 Å². The summed E-state index contributed by atoms with van der Waals surface area (Å²) < 4.78 is 32.6. The van der Waals surface area contributed by atoms with Gasteiger partial charge in [-0.2, -0.15) is 0 Å². The molecular weight excluding hydrogens is 785 g/mol. The highest BCUT2D eigenvalue weighted by molar-refractivity contribution is 7.47. The number of ketones is 1. The summed E-state index contributed by atoms with van der Waals surface area (Å²) in [7, 11) is -4.47. The van der Waals surface area contributed by atoms with Gasteiger partial charge in [0.1, 0.15) is 12.4 Å². The number of carbonyl (C=O) groups is 3. The Morgan fingerprint density at radius 3 is 1.98 bits per heavy atom. The molecule has 0 aliphatic heterocycles. The first kappa shape index (κ1) is 54.5. The van der Waals surface area contributed by atoms with Crippen LogP contribution in [0.4, 0.5) is 0 Å². The van der Waals surface area contributed by atoms with Crippen molar-refractivity contribution in [1.82, 2.24) is 0 Å². The predicted molar refractivity (Wildman–Crippen MR) is 239 cm³/mol. The summed E-state index contributed by atoms with van der Waals surface area (Å²) in [5.74, 6) is -1.88. The second kappa shape index (κ2) is 36.2. The van der Waals surface area contributed by atoms with Gasteiger partial charge in [0.2, 0.25) is 0 Å². The van der Waals surface area contributed by atoms with Crippen LogP contribution in [0.1, 0.15) is 123 Å². The minimum absolute atomic E-state index is 0.00230. The molecule has 0 bridgehead atoms. The average Bonchev–Trinajstić information content (AvgIpc) is 3.49. The first-order valence-electron chi connectivity index (χ1n) is 21.8. The molecule has 5 N–H and O–H groups in total. The van der Waals surface area contributed by atoms with Gasteiger partial charge in [0.05, 0.1) is 25.4 Å². The Morgan fingerprint density at radius 2 is 1.38 bits per heavy atom. The molecule has 0 amide bonds. The summed E-state index contributed by atoms with van der Waals surface area (Å²) in [6.45, 7) is 3.09. The lowest BCUT2D eigenvalue weighted by atomic mass is 9.90. The van der Waals surface area contributed by atoms with Gasteiger partial charge >= 0.3 is 19.8 Å². The first-order valence-corrected chi connectivity index (χ1v) is 23.3. The molecule has 0 saturated heterocycles. The van der Waals surface area contributed by atoms with Crippen LogP contribution in [0.3, 0.4) is 0 Å². The molecule has 0 spiro atoms. The van der Waals surface area contributed by atoms with E-state index in [1.54, 1.807) is 12.2 Å². The number of aliphatic hydroxyl groups excluding tert-OH is 2. The van der Waals surface area contributed by atoms with E-state index in [1.807, 2.05) is 30.4 Å². The molecule has 1 unspecified atom stereocenters. The molecule has 0 aromatic heterocycles. The zero-order valence-electron chi connectivity index (χ0n) is 36.1. The second-order valence-corrected chi connectivity index (χ2v) is 16.1. The molecular formula is C47H74NO11P. The van der Waals surface area contributed by atoms with E-state index in [4.69, 9.17) is 24.3 Å². The number of esters is 2. The smallest absolute Gasteiger partial charge is 0.462 e. The van der Waals surface area contributed by atoms with Gasteiger partial charge < -0.3 is 30.3 Å².